The van der Waals surface area contributed by atoms with Crippen LogP contribution in [0.25, 0.3) is 11.4 Å². The first kappa shape index (κ1) is 16.1. The maximum atomic E-state index is 11.6. The summed E-state index contributed by atoms with van der Waals surface area (Å²) in [5.74, 6) is 1.75. The number of sulfone groups is 1. The molecule has 0 amide bonds. The van der Waals surface area contributed by atoms with Crippen LogP contribution in [-0.2, 0) is 16.3 Å². The maximum absolute atomic E-state index is 11.6. The largest absolute Gasteiger partial charge is 0.339 e. The topological polar surface area (TPSA) is 76.3 Å². The van der Waals surface area contributed by atoms with Crippen molar-refractivity contribution in [3.8, 4) is 11.4 Å². The van der Waals surface area contributed by atoms with Crippen molar-refractivity contribution >= 4 is 9.84 Å². The lowest BCUT2D eigenvalue weighted by atomic mass is 10.2. The molecule has 23 heavy (non-hydrogen) atoms. The van der Waals surface area contributed by atoms with Crippen LogP contribution in [0.2, 0.25) is 0 Å². The summed E-state index contributed by atoms with van der Waals surface area (Å²) in [6.45, 7) is 3.43. The van der Waals surface area contributed by atoms with E-state index in [2.05, 4.69) is 15.0 Å². The number of benzene rings is 1. The molecular weight excluding hydrogens is 314 g/mol. The van der Waals surface area contributed by atoms with Gasteiger partial charge in [0, 0.05) is 24.6 Å². The van der Waals surface area contributed by atoms with E-state index in [0.717, 1.165) is 18.5 Å². The van der Waals surface area contributed by atoms with Gasteiger partial charge in [0.25, 0.3) is 0 Å². The smallest absolute Gasteiger partial charge is 0.227 e. The van der Waals surface area contributed by atoms with E-state index in [9.17, 15) is 8.42 Å². The summed E-state index contributed by atoms with van der Waals surface area (Å²) < 4.78 is 28.5. The van der Waals surface area contributed by atoms with E-state index >= 15 is 0 Å². The summed E-state index contributed by atoms with van der Waals surface area (Å²) in [4.78, 5) is 6.63. The van der Waals surface area contributed by atoms with Crippen molar-refractivity contribution in [3.05, 3.63) is 36.2 Å². The molecule has 6 nitrogen and oxygen atoms in total. The van der Waals surface area contributed by atoms with Gasteiger partial charge in [0.15, 0.2) is 9.84 Å². The molecule has 1 aliphatic heterocycles. The molecule has 1 aromatic heterocycles. The van der Waals surface area contributed by atoms with Crippen LogP contribution in [0.5, 0.6) is 0 Å². The molecule has 3 rings (SSSR count). The molecule has 0 N–H and O–H groups in total. The number of hydrogen-bond acceptors (Lipinski definition) is 6. The highest BCUT2D eigenvalue weighted by atomic mass is 32.2. The van der Waals surface area contributed by atoms with E-state index in [1.165, 1.54) is 0 Å². The fourth-order valence-corrected chi connectivity index (χ4v) is 4.48. The highest BCUT2D eigenvalue weighted by Crippen LogP contribution is 2.16. The number of nitrogens with zero attached hydrogens (tertiary/aromatic N) is 3. The summed E-state index contributed by atoms with van der Waals surface area (Å²) in [7, 11) is -2.85. The Morgan fingerprint density at radius 1 is 1.30 bits per heavy atom. The monoisotopic (exact) mass is 335 g/mol. The van der Waals surface area contributed by atoms with Gasteiger partial charge in [-0.2, -0.15) is 4.98 Å². The molecule has 2 aromatic rings. The quantitative estimate of drug-likeness (QED) is 0.829. The van der Waals surface area contributed by atoms with E-state index in [1.54, 1.807) is 0 Å². The lowest BCUT2D eigenvalue weighted by molar-refractivity contribution is 0.221. The third-order valence-electron chi connectivity index (χ3n) is 4.14. The van der Waals surface area contributed by atoms with E-state index in [1.807, 2.05) is 37.3 Å². The van der Waals surface area contributed by atoms with Gasteiger partial charge in [0.2, 0.25) is 11.7 Å². The Bertz CT molecular complexity index is 743. The van der Waals surface area contributed by atoms with Crippen molar-refractivity contribution in [2.75, 3.05) is 24.6 Å². The molecule has 1 saturated heterocycles. The lowest BCUT2D eigenvalue weighted by Crippen LogP contribution is -2.47. The molecule has 1 aromatic carbocycles. The van der Waals surface area contributed by atoms with Gasteiger partial charge in [-0.1, -0.05) is 35.5 Å². The van der Waals surface area contributed by atoms with Crippen LogP contribution in [-0.4, -0.2) is 54.1 Å². The van der Waals surface area contributed by atoms with Crippen molar-refractivity contribution in [2.24, 2.45) is 0 Å². The average molecular weight is 335 g/mol. The Balaban J connectivity index is 1.51. The predicted molar refractivity (Wildman–Crippen MR) is 87.7 cm³/mol. The molecule has 0 spiro atoms. The van der Waals surface area contributed by atoms with Crippen molar-refractivity contribution in [3.63, 3.8) is 0 Å². The Labute approximate surface area is 136 Å². The molecular formula is C16H21N3O3S. The number of rotatable bonds is 5. The minimum atomic E-state index is -2.85. The third-order valence-corrected chi connectivity index (χ3v) is 5.94. The second kappa shape index (κ2) is 6.80. The fourth-order valence-electron chi connectivity index (χ4n) is 2.86. The summed E-state index contributed by atoms with van der Waals surface area (Å²) >= 11 is 0. The molecule has 1 atom stereocenters. The van der Waals surface area contributed by atoms with E-state index in [-0.39, 0.29) is 17.5 Å². The van der Waals surface area contributed by atoms with Gasteiger partial charge >= 0.3 is 0 Å². The number of aryl methyl sites for hydroxylation is 1. The molecule has 0 bridgehead atoms. The summed E-state index contributed by atoms with van der Waals surface area (Å²) in [6.07, 6.45) is 1.58. The number of hydrogen-bond donors (Lipinski definition) is 0. The zero-order chi connectivity index (χ0) is 16.3. The van der Waals surface area contributed by atoms with Crippen molar-refractivity contribution in [1.82, 2.24) is 15.0 Å². The van der Waals surface area contributed by atoms with Crippen LogP contribution in [0.1, 0.15) is 19.2 Å². The van der Waals surface area contributed by atoms with E-state index < -0.39 is 9.84 Å². The first-order valence-electron chi connectivity index (χ1n) is 7.86. The van der Waals surface area contributed by atoms with Gasteiger partial charge in [0.1, 0.15) is 0 Å². The Kier molecular flexibility index (Phi) is 4.77. The normalized spacial score (nSPS) is 21.3. The van der Waals surface area contributed by atoms with Crippen LogP contribution in [0.3, 0.4) is 0 Å². The Hall–Kier alpha value is -1.73. The van der Waals surface area contributed by atoms with E-state index in [0.29, 0.717) is 24.7 Å². The predicted octanol–water partition coefficient (Wildman–Crippen LogP) is 1.79. The molecule has 0 aliphatic carbocycles. The Morgan fingerprint density at radius 3 is 2.83 bits per heavy atom. The standard InChI is InChI=1S/C16H21N3O3S/c1-13-12-23(20,21)11-10-19(13)9-5-8-15-17-16(18-22-15)14-6-3-2-4-7-14/h2-4,6-7,13H,5,8-12H2,1H3/t13-/m0/s1. The molecule has 0 unspecified atom stereocenters. The summed E-state index contributed by atoms with van der Waals surface area (Å²) in [5, 5.41) is 4.01. The molecule has 0 radical (unpaired) electrons. The maximum Gasteiger partial charge on any atom is 0.227 e. The van der Waals surface area contributed by atoms with Crippen LogP contribution < -0.4 is 0 Å². The van der Waals surface area contributed by atoms with Crippen molar-refractivity contribution < 1.29 is 12.9 Å². The first-order valence-corrected chi connectivity index (χ1v) is 9.68. The van der Waals surface area contributed by atoms with Crippen LogP contribution >= 0.6 is 0 Å². The lowest BCUT2D eigenvalue weighted by Gasteiger charge is -2.32. The molecule has 7 heteroatoms. The SMILES string of the molecule is C[C@H]1CS(=O)(=O)CCN1CCCc1nc(-c2ccccc2)no1. The average Bonchev–Trinajstić information content (AvgIpc) is 2.99. The molecule has 0 saturated carbocycles. The summed E-state index contributed by atoms with van der Waals surface area (Å²) in [6, 6.07) is 9.81. The second-order valence-electron chi connectivity index (χ2n) is 5.98. The van der Waals surface area contributed by atoms with Gasteiger partial charge in [0.05, 0.1) is 11.5 Å². The van der Waals surface area contributed by atoms with Gasteiger partial charge in [-0.3, -0.25) is 4.90 Å². The van der Waals surface area contributed by atoms with Crippen molar-refractivity contribution in [2.45, 2.75) is 25.8 Å². The zero-order valence-electron chi connectivity index (χ0n) is 13.2. The zero-order valence-corrected chi connectivity index (χ0v) is 14.0. The van der Waals surface area contributed by atoms with Gasteiger partial charge in [-0.05, 0) is 19.9 Å². The van der Waals surface area contributed by atoms with Gasteiger partial charge < -0.3 is 4.52 Å². The summed E-state index contributed by atoms with van der Waals surface area (Å²) in [5.41, 5.74) is 0.942. The molecule has 1 aliphatic rings. The first-order chi connectivity index (χ1) is 11.0. The molecule has 124 valence electrons. The Morgan fingerprint density at radius 2 is 2.09 bits per heavy atom. The highest BCUT2D eigenvalue weighted by molar-refractivity contribution is 7.91. The number of aromatic nitrogens is 2. The minimum absolute atomic E-state index is 0.0799. The fraction of sp³-hybridized carbons (Fsp3) is 0.500. The van der Waals surface area contributed by atoms with Gasteiger partial charge in [-0.25, -0.2) is 8.42 Å². The molecule has 1 fully saturated rings. The van der Waals surface area contributed by atoms with Crippen LogP contribution in [0.4, 0.5) is 0 Å². The van der Waals surface area contributed by atoms with E-state index in [4.69, 9.17) is 4.52 Å². The molecule has 2 heterocycles. The minimum Gasteiger partial charge on any atom is -0.339 e. The second-order valence-corrected chi connectivity index (χ2v) is 8.21. The van der Waals surface area contributed by atoms with Crippen molar-refractivity contribution in [1.29, 1.82) is 0 Å². The van der Waals surface area contributed by atoms with Crippen LogP contribution in [0, 0.1) is 0 Å². The highest BCUT2D eigenvalue weighted by Gasteiger charge is 2.27. The van der Waals surface area contributed by atoms with Gasteiger partial charge in [-0.15, -0.1) is 0 Å². The third kappa shape index (κ3) is 4.17. The van der Waals surface area contributed by atoms with Crippen LogP contribution in [0.15, 0.2) is 34.9 Å².